The number of carbonyl (C=O) groups excluding carboxylic acids is 1. The number of aliphatic hydroxyl groups excluding tert-OH is 1. The second-order valence-electron chi connectivity index (χ2n) is 6.85. The first-order valence-corrected chi connectivity index (χ1v) is 10.7. The van der Waals surface area contributed by atoms with Gasteiger partial charge >= 0.3 is 0 Å². The molecule has 4 N–H and O–H groups in total. The molecule has 0 radical (unpaired) electrons. The van der Waals surface area contributed by atoms with Gasteiger partial charge in [-0.25, -0.2) is 0 Å². The molecule has 6 nitrogen and oxygen atoms in total. The van der Waals surface area contributed by atoms with E-state index in [-0.39, 0.29) is 18.7 Å². The van der Waals surface area contributed by atoms with E-state index in [1.54, 1.807) is 11.8 Å². The Hall–Kier alpha value is -2.48. The van der Waals surface area contributed by atoms with Gasteiger partial charge in [0.05, 0.1) is 18.1 Å². The molecule has 0 spiro atoms. The Morgan fingerprint density at radius 3 is 2.62 bits per heavy atom. The van der Waals surface area contributed by atoms with Gasteiger partial charge in [0.2, 0.25) is 5.91 Å². The van der Waals surface area contributed by atoms with E-state index in [1.165, 1.54) is 5.56 Å². The van der Waals surface area contributed by atoms with Gasteiger partial charge < -0.3 is 25.3 Å². The number of hydrogen-bond acceptors (Lipinski definition) is 5. The van der Waals surface area contributed by atoms with Gasteiger partial charge in [0.1, 0.15) is 5.75 Å². The van der Waals surface area contributed by atoms with Crippen molar-refractivity contribution in [3.05, 3.63) is 59.7 Å². The topological polar surface area (TPSA) is 97.7 Å². The SMILES string of the molecule is CSc1c(CC(N)=O)c2cc(OCCCC(O)O)ccc2n1Cc1ccccc1. The largest absolute Gasteiger partial charge is 0.494 e. The zero-order chi connectivity index (χ0) is 20.8. The molecule has 0 unspecified atom stereocenters. The summed E-state index contributed by atoms with van der Waals surface area (Å²) >= 11 is 1.60. The molecular weight excluding hydrogens is 388 g/mol. The molecule has 3 rings (SSSR count). The number of thioether (sulfide) groups is 1. The third-order valence-electron chi connectivity index (χ3n) is 4.69. The Labute approximate surface area is 174 Å². The van der Waals surface area contributed by atoms with Gasteiger partial charge in [0, 0.05) is 29.4 Å². The number of carbonyl (C=O) groups is 1. The molecule has 0 aliphatic heterocycles. The highest BCUT2D eigenvalue weighted by Gasteiger charge is 2.19. The summed E-state index contributed by atoms with van der Waals surface area (Å²) in [5, 5.41) is 19.9. The van der Waals surface area contributed by atoms with E-state index in [9.17, 15) is 4.79 Å². The fraction of sp³-hybridized carbons (Fsp3) is 0.318. The van der Waals surface area contributed by atoms with E-state index in [0.29, 0.717) is 25.3 Å². The first-order valence-electron chi connectivity index (χ1n) is 9.50. The van der Waals surface area contributed by atoms with Crippen LogP contribution in [-0.4, -0.2) is 39.8 Å². The van der Waals surface area contributed by atoms with Crippen LogP contribution in [0.25, 0.3) is 10.9 Å². The number of benzene rings is 2. The van der Waals surface area contributed by atoms with Gasteiger partial charge in [-0.05, 0) is 36.4 Å². The average molecular weight is 415 g/mol. The standard InChI is InChI=1S/C22H26N2O4S/c1-29-22-18(13-20(23)25)17-12-16(28-11-5-8-21(26)27)9-10-19(17)24(22)14-15-6-3-2-4-7-15/h2-4,6-7,9-10,12,21,26-27H,5,8,11,13-14H2,1H3,(H2,23,25). The number of amides is 1. The molecule has 0 aliphatic rings. The average Bonchev–Trinajstić information content (AvgIpc) is 2.97. The molecule has 0 bridgehead atoms. The van der Waals surface area contributed by atoms with Crippen molar-refractivity contribution in [2.45, 2.75) is 37.1 Å². The fourth-order valence-electron chi connectivity index (χ4n) is 3.43. The van der Waals surface area contributed by atoms with Crippen LogP contribution in [0.3, 0.4) is 0 Å². The highest BCUT2D eigenvalue weighted by atomic mass is 32.2. The number of aliphatic hydroxyl groups is 2. The van der Waals surface area contributed by atoms with Crippen LogP contribution in [0, 0.1) is 0 Å². The normalized spacial score (nSPS) is 11.3. The van der Waals surface area contributed by atoms with E-state index in [0.717, 1.165) is 21.5 Å². The summed E-state index contributed by atoms with van der Waals surface area (Å²) in [6.45, 7) is 1.08. The zero-order valence-electron chi connectivity index (χ0n) is 16.4. The van der Waals surface area contributed by atoms with Crippen LogP contribution in [0.2, 0.25) is 0 Å². The first-order chi connectivity index (χ1) is 14.0. The van der Waals surface area contributed by atoms with Crippen molar-refractivity contribution in [1.82, 2.24) is 4.57 Å². The summed E-state index contributed by atoms with van der Waals surface area (Å²) in [5.41, 5.74) is 8.63. The second-order valence-corrected chi connectivity index (χ2v) is 7.65. The maximum Gasteiger partial charge on any atom is 0.221 e. The number of hydrogen-bond donors (Lipinski definition) is 3. The Morgan fingerprint density at radius 1 is 1.21 bits per heavy atom. The van der Waals surface area contributed by atoms with Crippen LogP contribution in [0.5, 0.6) is 5.75 Å². The Bertz CT molecular complexity index is 970. The molecule has 0 atom stereocenters. The predicted octanol–water partition coefficient (Wildman–Crippen LogP) is 2.91. The Morgan fingerprint density at radius 2 is 1.97 bits per heavy atom. The molecule has 2 aromatic carbocycles. The van der Waals surface area contributed by atoms with Gasteiger partial charge in [0.15, 0.2) is 6.29 Å². The van der Waals surface area contributed by atoms with Gasteiger partial charge in [-0.15, -0.1) is 11.8 Å². The lowest BCUT2D eigenvalue weighted by molar-refractivity contribution is -0.117. The molecule has 7 heteroatoms. The Balaban J connectivity index is 1.98. The van der Waals surface area contributed by atoms with Crippen LogP contribution in [0.4, 0.5) is 0 Å². The summed E-state index contributed by atoms with van der Waals surface area (Å²) in [5.74, 6) is 0.308. The molecule has 1 amide bonds. The second kappa shape index (κ2) is 9.82. The van der Waals surface area contributed by atoms with Gasteiger partial charge in [-0.1, -0.05) is 30.3 Å². The number of nitrogens with zero attached hydrogens (tertiary/aromatic N) is 1. The highest BCUT2D eigenvalue weighted by Crippen LogP contribution is 2.35. The minimum atomic E-state index is -1.32. The number of rotatable bonds is 10. The lowest BCUT2D eigenvalue weighted by Crippen LogP contribution is -2.14. The maximum atomic E-state index is 11.7. The lowest BCUT2D eigenvalue weighted by Gasteiger charge is -2.11. The third-order valence-corrected chi connectivity index (χ3v) is 5.54. The van der Waals surface area contributed by atoms with Crippen molar-refractivity contribution in [3.63, 3.8) is 0 Å². The van der Waals surface area contributed by atoms with Gasteiger partial charge in [-0.2, -0.15) is 0 Å². The molecule has 0 saturated heterocycles. The summed E-state index contributed by atoms with van der Waals surface area (Å²) in [7, 11) is 0. The monoisotopic (exact) mass is 414 g/mol. The van der Waals surface area contributed by atoms with E-state index in [1.807, 2.05) is 42.7 Å². The highest BCUT2D eigenvalue weighted by molar-refractivity contribution is 7.98. The summed E-state index contributed by atoms with van der Waals surface area (Å²) < 4.78 is 7.98. The number of fused-ring (bicyclic) bond motifs is 1. The maximum absolute atomic E-state index is 11.7. The molecule has 1 heterocycles. The van der Waals surface area contributed by atoms with Crippen LogP contribution in [0.15, 0.2) is 53.6 Å². The number of nitrogens with two attached hydrogens (primary N) is 1. The molecule has 154 valence electrons. The summed E-state index contributed by atoms with van der Waals surface area (Å²) in [6, 6.07) is 16.0. The van der Waals surface area contributed by atoms with Crippen molar-refractivity contribution in [2.75, 3.05) is 12.9 Å². The minimum absolute atomic E-state index is 0.161. The van der Waals surface area contributed by atoms with Crippen LogP contribution >= 0.6 is 11.8 Å². The lowest BCUT2D eigenvalue weighted by atomic mass is 10.1. The van der Waals surface area contributed by atoms with Crippen molar-refractivity contribution in [3.8, 4) is 5.75 Å². The zero-order valence-corrected chi connectivity index (χ0v) is 17.2. The van der Waals surface area contributed by atoms with Crippen LogP contribution in [0.1, 0.15) is 24.0 Å². The van der Waals surface area contributed by atoms with E-state index in [2.05, 4.69) is 16.7 Å². The summed E-state index contributed by atoms with van der Waals surface area (Å²) in [4.78, 5) is 11.7. The quantitative estimate of drug-likeness (QED) is 0.269. The van der Waals surface area contributed by atoms with E-state index in [4.69, 9.17) is 20.7 Å². The first kappa shape index (κ1) is 21.2. The van der Waals surface area contributed by atoms with E-state index >= 15 is 0 Å². The summed E-state index contributed by atoms with van der Waals surface area (Å²) in [6.07, 6.45) is 1.64. The fourth-order valence-corrected chi connectivity index (χ4v) is 4.24. The molecule has 0 saturated carbocycles. The molecule has 0 fully saturated rings. The molecule has 29 heavy (non-hydrogen) atoms. The molecule has 1 aromatic heterocycles. The van der Waals surface area contributed by atoms with Crippen LogP contribution < -0.4 is 10.5 Å². The van der Waals surface area contributed by atoms with Crippen molar-refractivity contribution >= 4 is 28.6 Å². The van der Waals surface area contributed by atoms with E-state index < -0.39 is 6.29 Å². The van der Waals surface area contributed by atoms with Crippen molar-refractivity contribution < 1.29 is 19.7 Å². The third kappa shape index (κ3) is 5.32. The number of ether oxygens (including phenoxy) is 1. The molecule has 0 aliphatic carbocycles. The smallest absolute Gasteiger partial charge is 0.221 e. The number of aromatic nitrogens is 1. The van der Waals surface area contributed by atoms with Crippen LogP contribution in [-0.2, 0) is 17.8 Å². The predicted molar refractivity (Wildman–Crippen MR) is 115 cm³/mol. The minimum Gasteiger partial charge on any atom is -0.494 e. The molecular formula is C22H26N2O4S. The van der Waals surface area contributed by atoms with Crippen molar-refractivity contribution in [2.24, 2.45) is 5.73 Å². The molecule has 3 aromatic rings. The van der Waals surface area contributed by atoms with Crippen molar-refractivity contribution in [1.29, 1.82) is 0 Å². The Kier molecular flexibility index (Phi) is 7.19. The van der Waals surface area contributed by atoms with Gasteiger partial charge in [-0.3, -0.25) is 4.79 Å². The number of primary amides is 1. The van der Waals surface area contributed by atoms with Gasteiger partial charge in [0.25, 0.3) is 0 Å².